The van der Waals surface area contributed by atoms with Crippen molar-refractivity contribution in [2.24, 2.45) is 4.99 Å². The van der Waals surface area contributed by atoms with Crippen molar-refractivity contribution in [2.75, 3.05) is 32.8 Å². The van der Waals surface area contributed by atoms with Crippen LogP contribution in [0.15, 0.2) is 102 Å². The molecule has 3 aromatic carbocycles. The summed E-state index contributed by atoms with van der Waals surface area (Å²) in [6.07, 6.45) is 4.25. The Morgan fingerprint density at radius 2 is 1.67 bits per heavy atom. The van der Waals surface area contributed by atoms with E-state index in [0.717, 1.165) is 38.0 Å². The lowest BCUT2D eigenvalue weighted by atomic mass is 9.82. The zero-order chi connectivity index (χ0) is 32.1. The number of rotatable bonds is 10. The predicted octanol–water partition coefficient (Wildman–Crippen LogP) is 6.34. The summed E-state index contributed by atoms with van der Waals surface area (Å²) in [4.78, 5) is 40.3. The number of aliphatic imine (C=N–C) groups is 1. The van der Waals surface area contributed by atoms with Gasteiger partial charge in [0, 0.05) is 12.7 Å². The molecule has 1 amide bonds. The minimum atomic E-state index is -1.58. The van der Waals surface area contributed by atoms with Gasteiger partial charge in [0.15, 0.2) is 11.4 Å². The maximum absolute atomic E-state index is 14.6. The van der Waals surface area contributed by atoms with Crippen molar-refractivity contribution in [1.82, 2.24) is 14.8 Å². The molecule has 0 saturated carbocycles. The fourth-order valence-corrected chi connectivity index (χ4v) is 6.48. The van der Waals surface area contributed by atoms with Gasteiger partial charge in [-0.05, 0) is 117 Å². The smallest absolute Gasteiger partial charge is 0.338 e. The molecule has 1 saturated heterocycles. The number of piperidine rings is 1. The number of aromatic nitrogens is 1. The lowest BCUT2D eigenvalue weighted by molar-refractivity contribution is -0.130. The monoisotopic (exact) mass is 622 g/mol. The fraction of sp³-hybridized carbons (Fsp3) is 0.297. The molecule has 1 atom stereocenters. The number of amides is 1. The van der Waals surface area contributed by atoms with Gasteiger partial charge in [-0.25, -0.2) is 18.6 Å². The van der Waals surface area contributed by atoms with Gasteiger partial charge in [-0.15, -0.1) is 0 Å². The van der Waals surface area contributed by atoms with Crippen molar-refractivity contribution in [3.05, 3.63) is 137 Å². The third-order valence-corrected chi connectivity index (χ3v) is 8.80. The number of pyridine rings is 1. The van der Waals surface area contributed by atoms with Crippen LogP contribution in [0.3, 0.4) is 0 Å². The molecular weight excluding hydrogens is 586 g/mol. The number of carbonyl (C=O) groups is 2. The van der Waals surface area contributed by atoms with Crippen molar-refractivity contribution in [3.63, 3.8) is 0 Å². The van der Waals surface area contributed by atoms with Gasteiger partial charge in [0.25, 0.3) is 5.91 Å². The Labute approximate surface area is 267 Å². The molecule has 0 bridgehead atoms. The third kappa shape index (κ3) is 6.33. The van der Waals surface area contributed by atoms with E-state index in [1.807, 2.05) is 18.2 Å². The van der Waals surface area contributed by atoms with Crippen LogP contribution < -0.4 is 0 Å². The Kier molecular flexibility index (Phi) is 9.30. The van der Waals surface area contributed by atoms with Crippen molar-refractivity contribution < 1.29 is 23.1 Å². The van der Waals surface area contributed by atoms with Crippen LogP contribution in [0.4, 0.5) is 8.78 Å². The molecule has 0 spiro atoms. The maximum atomic E-state index is 14.6. The Morgan fingerprint density at radius 1 is 0.891 bits per heavy atom. The topological polar surface area (TPSA) is 75.1 Å². The first-order valence-corrected chi connectivity index (χ1v) is 15.7. The van der Waals surface area contributed by atoms with Crippen LogP contribution in [0.2, 0.25) is 0 Å². The van der Waals surface area contributed by atoms with Gasteiger partial charge < -0.3 is 9.64 Å². The van der Waals surface area contributed by atoms with Gasteiger partial charge in [0.2, 0.25) is 0 Å². The highest BCUT2D eigenvalue weighted by atomic mass is 19.1. The van der Waals surface area contributed by atoms with Crippen molar-refractivity contribution in [1.29, 1.82) is 0 Å². The molecule has 236 valence electrons. The first-order valence-electron chi connectivity index (χ1n) is 15.7. The minimum Gasteiger partial charge on any atom is -0.462 e. The second-order valence-electron chi connectivity index (χ2n) is 11.7. The second-order valence-corrected chi connectivity index (χ2v) is 11.7. The summed E-state index contributed by atoms with van der Waals surface area (Å²) < 4.78 is 33.7. The highest BCUT2D eigenvalue weighted by molar-refractivity contribution is 6.16. The number of amidine groups is 1. The van der Waals surface area contributed by atoms with Crippen LogP contribution in [0.5, 0.6) is 0 Å². The Morgan fingerprint density at radius 3 is 2.39 bits per heavy atom. The zero-order valence-electron chi connectivity index (χ0n) is 25.7. The number of nitrogens with zero attached hydrogens (tertiary/aromatic N) is 4. The first kappa shape index (κ1) is 31.2. The molecule has 7 nitrogen and oxygen atoms in total. The molecule has 0 N–H and O–H groups in total. The standard InChI is InChI=1S/C37H36F2N4O3/c1-2-46-35(44)28-9-5-8-27(24-28)26-17-22-42(23-18-26)20-7-21-43-34(33-12-3-4-19-40-33)41-37(36(43)45,29-13-15-31(38)16-14-29)30-10-6-11-32(39)25-30/h3-6,8-16,19,24-26H,2,7,17-18,20-23H2,1H3. The molecule has 2 aliphatic heterocycles. The fourth-order valence-electron chi connectivity index (χ4n) is 6.48. The van der Waals surface area contributed by atoms with Gasteiger partial charge in [-0.3, -0.25) is 14.7 Å². The highest BCUT2D eigenvalue weighted by Gasteiger charge is 2.51. The quantitative estimate of drug-likeness (QED) is 0.193. The Hall–Kier alpha value is -4.76. The van der Waals surface area contributed by atoms with Crippen LogP contribution in [-0.4, -0.2) is 65.3 Å². The first-order chi connectivity index (χ1) is 22.4. The molecule has 0 aliphatic carbocycles. The number of carbonyl (C=O) groups excluding carboxylic acids is 2. The van der Waals surface area contributed by atoms with E-state index in [1.54, 1.807) is 48.4 Å². The number of hydrogen-bond acceptors (Lipinski definition) is 6. The van der Waals surface area contributed by atoms with Gasteiger partial charge in [-0.1, -0.05) is 42.5 Å². The predicted molar refractivity (Wildman–Crippen MR) is 171 cm³/mol. The lowest BCUT2D eigenvalue weighted by Gasteiger charge is -2.33. The lowest BCUT2D eigenvalue weighted by Crippen LogP contribution is -2.43. The van der Waals surface area contributed by atoms with E-state index in [1.165, 1.54) is 36.4 Å². The molecule has 2 aliphatic rings. The zero-order valence-corrected chi connectivity index (χ0v) is 25.7. The molecule has 1 unspecified atom stereocenters. The van der Waals surface area contributed by atoms with E-state index in [9.17, 15) is 18.4 Å². The van der Waals surface area contributed by atoms with E-state index in [4.69, 9.17) is 9.73 Å². The molecule has 1 aromatic heterocycles. The number of halogens is 2. The highest BCUT2D eigenvalue weighted by Crippen LogP contribution is 2.41. The molecule has 6 rings (SSSR count). The molecule has 3 heterocycles. The van der Waals surface area contributed by atoms with Crippen molar-refractivity contribution >= 4 is 17.7 Å². The van der Waals surface area contributed by atoms with Crippen LogP contribution in [0.25, 0.3) is 0 Å². The average Bonchev–Trinajstić information content (AvgIpc) is 3.38. The Bertz CT molecular complexity index is 1720. The molecule has 4 aromatic rings. The van der Waals surface area contributed by atoms with E-state index in [2.05, 4.69) is 16.0 Å². The van der Waals surface area contributed by atoms with Crippen LogP contribution in [0.1, 0.15) is 64.8 Å². The van der Waals surface area contributed by atoms with E-state index >= 15 is 0 Å². The SMILES string of the molecule is CCOC(=O)c1cccc(C2CCN(CCCN3C(=O)C(c4ccc(F)cc4)(c4cccc(F)c4)N=C3c3ccccn3)CC2)c1. The number of esters is 1. The molecule has 0 radical (unpaired) electrons. The van der Waals surface area contributed by atoms with Gasteiger partial charge in [0.1, 0.15) is 17.3 Å². The summed E-state index contributed by atoms with van der Waals surface area (Å²) in [5.41, 5.74) is 1.50. The van der Waals surface area contributed by atoms with E-state index in [0.29, 0.717) is 53.7 Å². The molecular formula is C37H36F2N4O3. The Balaban J connectivity index is 1.19. The van der Waals surface area contributed by atoms with Crippen LogP contribution >= 0.6 is 0 Å². The summed E-state index contributed by atoms with van der Waals surface area (Å²) in [5.74, 6) is -0.797. The normalized spacial score (nSPS) is 18.9. The van der Waals surface area contributed by atoms with Crippen LogP contribution in [0, 0.1) is 11.6 Å². The summed E-state index contributed by atoms with van der Waals surface area (Å²) in [6.45, 7) is 5.10. The summed E-state index contributed by atoms with van der Waals surface area (Å²) in [6, 6.07) is 24.7. The summed E-state index contributed by atoms with van der Waals surface area (Å²) in [7, 11) is 0. The molecule has 46 heavy (non-hydrogen) atoms. The van der Waals surface area contributed by atoms with E-state index in [-0.39, 0.29) is 11.9 Å². The third-order valence-electron chi connectivity index (χ3n) is 8.80. The number of hydrogen-bond donors (Lipinski definition) is 0. The van der Waals surface area contributed by atoms with E-state index < -0.39 is 17.2 Å². The van der Waals surface area contributed by atoms with Crippen molar-refractivity contribution in [2.45, 2.75) is 37.6 Å². The van der Waals surface area contributed by atoms with Crippen molar-refractivity contribution in [3.8, 4) is 0 Å². The van der Waals surface area contributed by atoms with Gasteiger partial charge >= 0.3 is 5.97 Å². The van der Waals surface area contributed by atoms with Gasteiger partial charge in [0.05, 0.1) is 12.2 Å². The summed E-state index contributed by atoms with van der Waals surface area (Å²) in [5, 5.41) is 0. The maximum Gasteiger partial charge on any atom is 0.338 e. The number of benzene rings is 3. The average molecular weight is 623 g/mol. The number of ether oxygens (including phenoxy) is 1. The largest absolute Gasteiger partial charge is 0.462 e. The number of likely N-dealkylation sites (tertiary alicyclic amines) is 1. The molecule has 9 heteroatoms. The van der Waals surface area contributed by atoms with Crippen LogP contribution in [-0.2, 0) is 15.1 Å². The minimum absolute atomic E-state index is 0.298. The van der Waals surface area contributed by atoms with Gasteiger partial charge in [-0.2, -0.15) is 0 Å². The molecule has 1 fully saturated rings. The second kappa shape index (κ2) is 13.7. The summed E-state index contributed by atoms with van der Waals surface area (Å²) >= 11 is 0.